The zero-order valence-corrected chi connectivity index (χ0v) is 14.1. The zero-order valence-electron chi connectivity index (χ0n) is 14.1. The minimum atomic E-state index is -0.561. The van der Waals surface area contributed by atoms with Crippen LogP contribution in [0.4, 0.5) is 0 Å². The van der Waals surface area contributed by atoms with Crippen LogP contribution in [0.3, 0.4) is 0 Å². The molecular formula is C21H15N3O2. The molecule has 0 saturated carbocycles. The fourth-order valence-corrected chi connectivity index (χ4v) is 2.78. The number of rotatable bonds is 4. The van der Waals surface area contributed by atoms with E-state index < -0.39 is 5.97 Å². The van der Waals surface area contributed by atoms with Crippen molar-refractivity contribution < 1.29 is 9.53 Å². The number of ether oxygens (including phenoxy) is 1. The van der Waals surface area contributed by atoms with Crippen LogP contribution in [0.15, 0.2) is 54.6 Å². The lowest BCUT2D eigenvalue weighted by Gasteiger charge is -2.08. The third kappa shape index (κ3) is 3.33. The molecule has 2 aromatic carbocycles. The van der Waals surface area contributed by atoms with Crippen molar-refractivity contribution in [2.75, 3.05) is 0 Å². The van der Waals surface area contributed by atoms with E-state index in [0.717, 1.165) is 11.1 Å². The number of nitrogens with one attached hydrogen (secondary N) is 1. The monoisotopic (exact) mass is 341 g/mol. The molecule has 0 spiro atoms. The molecule has 5 heteroatoms. The Hall–Kier alpha value is -3.83. The SMILES string of the molecule is Cc1[nH]c(C#N)c(C(=O)OCc2ccccc2)c1-c1ccc(C#N)cc1. The van der Waals surface area contributed by atoms with E-state index in [4.69, 9.17) is 10.00 Å². The van der Waals surface area contributed by atoms with Crippen molar-refractivity contribution in [3.05, 3.63) is 82.7 Å². The van der Waals surface area contributed by atoms with Crippen molar-refractivity contribution in [2.45, 2.75) is 13.5 Å². The van der Waals surface area contributed by atoms with Gasteiger partial charge in [-0.05, 0) is 30.2 Å². The molecule has 0 radical (unpaired) electrons. The van der Waals surface area contributed by atoms with Crippen LogP contribution in [0, 0.1) is 29.6 Å². The number of aromatic amines is 1. The third-order valence-corrected chi connectivity index (χ3v) is 4.02. The summed E-state index contributed by atoms with van der Waals surface area (Å²) < 4.78 is 5.41. The molecule has 1 aromatic heterocycles. The molecule has 3 rings (SSSR count). The molecule has 5 nitrogen and oxygen atoms in total. The highest BCUT2D eigenvalue weighted by Gasteiger charge is 2.24. The number of hydrogen-bond donors (Lipinski definition) is 1. The first-order chi connectivity index (χ1) is 12.6. The van der Waals surface area contributed by atoms with E-state index in [1.54, 1.807) is 31.2 Å². The van der Waals surface area contributed by atoms with Crippen LogP contribution in [0.5, 0.6) is 0 Å². The summed E-state index contributed by atoms with van der Waals surface area (Å²) in [5.41, 5.74) is 3.82. The summed E-state index contributed by atoms with van der Waals surface area (Å²) >= 11 is 0. The van der Waals surface area contributed by atoms with Crippen LogP contribution in [-0.2, 0) is 11.3 Å². The fourth-order valence-electron chi connectivity index (χ4n) is 2.78. The molecule has 0 aliphatic heterocycles. The first-order valence-corrected chi connectivity index (χ1v) is 7.98. The maximum atomic E-state index is 12.7. The summed E-state index contributed by atoms with van der Waals surface area (Å²) in [7, 11) is 0. The number of aromatic nitrogens is 1. The average Bonchev–Trinajstić information content (AvgIpc) is 3.03. The molecule has 3 aromatic rings. The average molecular weight is 341 g/mol. The molecule has 126 valence electrons. The van der Waals surface area contributed by atoms with Crippen molar-refractivity contribution in [1.29, 1.82) is 10.5 Å². The molecule has 0 atom stereocenters. The number of H-pyrrole nitrogens is 1. The predicted molar refractivity (Wildman–Crippen MR) is 96.0 cm³/mol. The highest BCUT2D eigenvalue weighted by molar-refractivity contribution is 6.00. The Balaban J connectivity index is 1.96. The van der Waals surface area contributed by atoms with Gasteiger partial charge in [0.05, 0.1) is 11.6 Å². The topological polar surface area (TPSA) is 89.7 Å². The second-order valence-electron chi connectivity index (χ2n) is 5.74. The molecule has 0 fully saturated rings. The summed E-state index contributed by atoms with van der Waals surface area (Å²) in [6.45, 7) is 1.92. The molecule has 0 saturated heterocycles. The van der Waals surface area contributed by atoms with Gasteiger partial charge in [0, 0.05) is 11.3 Å². The van der Waals surface area contributed by atoms with Crippen molar-refractivity contribution in [3.63, 3.8) is 0 Å². The zero-order chi connectivity index (χ0) is 18.5. The number of nitriles is 2. The van der Waals surface area contributed by atoms with Crippen LogP contribution in [-0.4, -0.2) is 11.0 Å². The van der Waals surface area contributed by atoms with Crippen molar-refractivity contribution in [1.82, 2.24) is 4.98 Å². The second kappa shape index (κ2) is 7.38. The number of carbonyl (C=O) groups excluding carboxylic acids is 1. The van der Waals surface area contributed by atoms with Gasteiger partial charge in [-0.15, -0.1) is 0 Å². The standard InChI is InChI=1S/C21H15N3O2/c1-14-19(17-9-7-15(11-22)8-10-17)20(18(12-23)24-14)21(25)26-13-16-5-3-2-4-6-16/h2-10,24H,13H2,1H3. The fraction of sp³-hybridized carbons (Fsp3) is 0.0952. The lowest BCUT2D eigenvalue weighted by molar-refractivity contribution is 0.0473. The number of benzene rings is 2. The van der Waals surface area contributed by atoms with Crippen LogP contribution in [0.1, 0.15) is 32.9 Å². The lowest BCUT2D eigenvalue weighted by Crippen LogP contribution is -2.07. The van der Waals surface area contributed by atoms with Crippen molar-refractivity contribution in [3.8, 4) is 23.3 Å². The summed E-state index contributed by atoms with van der Waals surface area (Å²) in [5.74, 6) is -0.561. The Morgan fingerprint density at radius 3 is 2.35 bits per heavy atom. The number of carbonyl (C=O) groups is 1. The molecule has 0 aliphatic carbocycles. The van der Waals surface area contributed by atoms with Gasteiger partial charge in [0.25, 0.3) is 0 Å². The number of aryl methyl sites for hydroxylation is 1. The van der Waals surface area contributed by atoms with Gasteiger partial charge in [0.1, 0.15) is 23.9 Å². The van der Waals surface area contributed by atoms with E-state index in [-0.39, 0.29) is 17.9 Å². The lowest BCUT2D eigenvalue weighted by atomic mass is 9.99. The maximum Gasteiger partial charge on any atom is 0.342 e. The molecule has 0 unspecified atom stereocenters. The summed E-state index contributed by atoms with van der Waals surface area (Å²) in [5, 5.41) is 18.3. The Morgan fingerprint density at radius 2 is 1.73 bits per heavy atom. The van der Waals surface area contributed by atoms with Gasteiger partial charge in [-0.25, -0.2) is 4.79 Å². The van der Waals surface area contributed by atoms with E-state index >= 15 is 0 Å². The van der Waals surface area contributed by atoms with E-state index in [9.17, 15) is 10.1 Å². The summed E-state index contributed by atoms with van der Waals surface area (Å²) in [4.78, 5) is 15.6. The largest absolute Gasteiger partial charge is 0.457 e. The highest BCUT2D eigenvalue weighted by Crippen LogP contribution is 2.31. The van der Waals surface area contributed by atoms with Gasteiger partial charge in [-0.2, -0.15) is 10.5 Å². The van der Waals surface area contributed by atoms with Crippen molar-refractivity contribution >= 4 is 5.97 Å². The Labute approximate surface area is 151 Å². The van der Waals surface area contributed by atoms with E-state index in [0.29, 0.717) is 16.8 Å². The Morgan fingerprint density at radius 1 is 1.04 bits per heavy atom. The molecule has 0 aliphatic rings. The quantitative estimate of drug-likeness (QED) is 0.724. The Bertz CT molecular complexity index is 1020. The van der Waals surface area contributed by atoms with Crippen molar-refractivity contribution in [2.24, 2.45) is 0 Å². The number of hydrogen-bond acceptors (Lipinski definition) is 4. The van der Waals surface area contributed by atoms with Crippen LogP contribution < -0.4 is 0 Å². The summed E-state index contributed by atoms with van der Waals surface area (Å²) in [6.07, 6.45) is 0. The van der Waals surface area contributed by atoms with Crippen LogP contribution in [0.2, 0.25) is 0 Å². The smallest absolute Gasteiger partial charge is 0.342 e. The van der Waals surface area contributed by atoms with Crippen LogP contribution in [0.25, 0.3) is 11.1 Å². The van der Waals surface area contributed by atoms with Gasteiger partial charge in [-0.3, -0.25) is 0 Å². The number of nitrogens with zero attached hydrogens (tertiary/aromatic N) is 2. The van der Waals surface area contributed by atoms with E-state index in [1.165, 1.54) is 0 Å². The van der Waals surface area contributed by atoms with Gasteiger partial charge in [0.2, 0.25) is 0 Å². The van der Waals surface area contributed by atoms with Gasteiger partial charge in [-0.1, -0.05) is 42.5 Å². The van der Waals surface area contributed by atoms with Gasteiger partial charge >= 0.3 is 5.97 Å². The molecule has 0 bridgehead atoms. The number of esters is 1. The molecule has 1 heterocycles. The molecule has 1 N–H and O–H groups in total. The minimum absolute atomic E-state index is 0.127. The normalized spacial score (nSPS) is 9.96. The first-order valence-electron chi connectivity index (χ1n) is 7.98. The molecular weight excluding hydrogens is 326 g/mol. The third-order valence-electron chi connectivity index (χ3n) is 4.02. The first kappa shape index (κ1) is 17.0. The highest BCUT2D eigenvalue weighted by atomic mass is 16.5. The predicted octanol–water partition coefficient (Wildman–Crippen LogP) is 4.09. The van der Waals surface area contributed by atoms with Gasteiger partial charge in [0.15, 0.2) is 0 Å². The summed E-state index contributed by atoms with van der Waals surface area (Å²) in [6, 6.07) is 20.3. The van der Waals surface area contributed by atoms with Gasteiger partial charge < -0.3 is 9.72 Å². The van der Waals surface area contributed by atoms with E-state index in [2.05, 4.69) is 11.1 Å². The molecule has 0 amide bonds. The molecule has 26 heavy (non-hydrogen) atoms. The Kier molecular flexibility index (Phi) is 4.83. The second-order valence-corrected chi connectivity index (χ2v) is 5.74. The minimum Gasteiger partial charge on any atom is -0.457 e. The maximum absolute atomic E-state index is 12.7. The van der Waals surface area contributed by atoms with E-state index in [1.807, 2.05) is 36.4 Å². The van der Waals surface area contributed by atoms with Crippen LogP contribution >= 0.6 is 0 Å².